The topological polar surface area (TPSA) is 9.23 Å². The first-order valence-electron chi connectivity index (χ1n) is 2.54. The van der Waals surface area contributed by atoms with E-state index < -0.39 is 0 Å². The minimum Gasteiger partial charge on any atom is -1.00 e. The molecule has 0 amide bonds. The molecule has 0 saturated carbocycles. The van der Waals surface area contributed by atoms with E-state index in [0.29, 0.717) is 5.75 Å². The van der Waals surface area contributed by atoms with Gasteiger partial charge in [0.1, 0.15) is 0 Å². The van der Waals surface area contributed by atoms with Crippen molar-refractivity contribution in [3.05, 3.63) is 30.1 Å². The monoisotopic (exact) mass is 228 g/mol. The average Bonchev–Trinajstić information content (AvgIpc) is 1.90. The van der Waals surface area contributed by atoms with Crippen LogP contribution in [-0.2, 0) is 0 Å². The molecular formula is C7H6BrFMgO. The Morgan fingerprint density at radius 3 is 2.45 bits per heavy atom. The third kappa shape index (κ3) is 4.60. The third-order valence-electron chi connectivity index (χ3n) is 0.966. The molecule has 0 aliphatic rings. The fourth-order valence-corrected chi connectivity index (χ4v) is 0.519. The minimum atomic E-state index is -0.296. The second kappa shape index (κ2) is 6.88. The zero-order valence-electron chi connectivity index (χ0n) is 6.10. The van der Waals surface area contributed by atoms with Gasteiger partial charge in [-0.2, -0.15) is 0 Å². The molecule has 1 aromatic rings. The van der Waals surface area contributed by atoms with Gasteiger partial charge in [-0.3, -0.25) is 4.39 Å². The molecule has 0 aliphatic heterocycles. The summed E-state index contributed by atoms with van der Waals surface area (Å²) >= 11 is 0. The number of hydrogen-bond acceptors (Lipinski definition) is 1. The van der Waals surface area contributed by atoms with Gasteiger partial charge in [0.2, 0.25) is 0 Å². The van der Waals surface area contributed by atoms with Gasteiger partial charge in [0.05, 0.1) is 7.11 Å². The molecule has 1 aromatic carbocycles. The number of ether oxygens (including phenoxy) is 1. The summed E-state index contributed by atoms with van der Waals surface area (Å²) in [6.07, 6.45) is 0. The summed E-state index contributed by atoms with van der Waals surface area (Å²) in [6.45, 7) is 0. The van der Waals surface area contributed by atoms with Crippen molar-refractivity contribution in [2.75, 3.05) is 7.11 Å². The molecule has 0 unspecified atom stereocenters. The van der Waals surface area contributed by atoms with Gasteiger partial charge in [0, 0.05) is 11.6 Å². The first kappa shape index (κ1) is 13.8. The van der Waals surface area contributed by atoms with Crippen LogP contribution in [0, 0.1) is 11.9 Å². The van der Waals surface area contributed by atoms with Crippen LogP contribution >= 0.6 is 0 Å². The number of hydrogen-bond donors (Lipinski definition) is 0. The molecule has 0 aliphatic carbocycles. The van der Waals surface area contributed by atoms with Gasteiger partial charge < -0.3 is 21.7 Å². The smallest absolute Gasteiger partial charge is 1.00 e. The van der Waals surface area contributed by atoms with Crippen LogP contribution in [0.3, 0.4) is 0 Å². The molecule has 4 heteroatoms. The Morgan fingerprint density at radius 1 is 1.45 bits per heavy atom. The van der Waals surface area contributed by atoms with Crippen molar-refractivity contribution >= 4 is 23.1 Å². The molecule has 0 saturated heterocycles. The largest absolute Gasteiger partial charge is 2.00 e. The molecule has 0 aromatic heterocycles. The fourth-order valence-electron chi connectivity index (χ4n) is 0.519. The molecule has 56 valence electrons. The van der Waals surface area contributed by atoms with Crippen LogP contribution in [0.1, 0.15) is 0 Å². The predicted octanol–water partition coefficient (Wildman–Crippen LogP) is -1.74. The Kier molecular flexibility index (Phi) is 8.61. The Labute approximate surface area is 91.9 Å². The van der Waals surface area contributed by atoms with Crippen molar-refractivity contribution < 1.29 is 26.1 Å². The predicted molar refractivity (Wildman–Crippen MR) is 37.5 cm³/mol. The van der Waals surface area contributed by atoms with Crippen LogP contribution < -0.4 is 21.7 Å². The number of halogens is 2. The van der Waals surface area contributed by atoms with E-state index in [-0.39, 0.29) is 45.9 Å². The molecule has 0 spiro atoms. The van der Waals surface area contributed by atoms with Gasteiger partial charge in [0.15, 0.2) is 0 Å². The molecule has 0 N–H and O–H groups in total. The molecular weight excluding hydrogens is 223 g/mol. The Morgan fingerprint density at radius 2 is 2.09 bits per heavy atom. The van der Waals surface area contributed by atoms with E-state index in [4.69, 9.17) is 4.74 Å². The van der Waals surface area contributed by atoms with E-state index in [1.807, 2.05) is 0 Å². The fraction of sp³-hybridized carbons (Fsp3) is 0.143. The molecule has 1 nitrogen and oxygen atoms in total. The summed E-state index contributed by atoms with van der Waals surface area (Å²) in [7, 11) is 1.52. The number of methoxy groups -OCH3 is 1. The maximum absolute atomic E-state index is 12.1. The molecule has 0 heterocycles. The molecule has 0 bridgehead atoms. The molecule has 0 fully saturated rings. The first-order chi connectivity index (χ1) is 4.33. The van der Waals surface area contributed by atoms with Gasteiger partial charge in [-0.15, -0.1) is 24.3 Å². The van der Waals surface area contributed by atoms with Crippen LogP contribution in [0.5, 0.6) is 5.75 Å². The van der Waals surface area contributed by atoms with Crippen LogP contribution in [0.4, 0.5) is 4.39 Å². The van der Waals surface area contributed by atoms with E-state index in [1.54, 1.807) is 0 Å². The van der Waals surface area contributed by atoms with Gasteiger partial charge in [0.25, 0.3) is 0 Å². The van der Waals surface area contributed by atoms with Crippen molar-refractivity contribution in [3.8, 4) is 5.75 Å². The van der Waals surface area contributed by atoms with Crippen molar-refractivity contribution in [3.63, 3.8) is 0 Å². The maximum atomic E-state index is 12.1. The summed E-state index contributed by atoms with van der Waals surface area (Å²) < 4.78 is 16.9. The van der Waals surface area contributed by atoms with Crippen molar-refractivity contribution in [2.45, 2.75) is 0 Å². The normalized spacial score (nSPS) is 7.45. The number of rotatable bonds is 1. The van der Waals surface area contributed by atoms with E-state index in [1.165, 1.54) is 25.3 Å². The van der Waals surface area contributed by atoms with Gasteiger partial charge >= 0.3 is 23.1 Å². The van der Waals surface area contributed by atoms with Crippen molar-refractivity contribution in [1.82, 2.24) is 0 Å². The zero-order valence-corrected chi connectivity index (χ0v) is 9.10. The Balaban J connectivity index is 0. The van der Waals surface area contributed by atoms with Crippen LogP contribution in [0.2, 0.25) is 0 Å². The summed E-state index contributed by atoms with van der Waals surface area (Å²) in [5, 5.41) is 0. The van der Waals surface area contributed by atoms with Crippen molar-refractivity contribution in [1.29, 1.82) is 0 Å². The van der Waals surface area contributed by atoms with Crippen LogP contribution in [0.25, 0.3) is 0 Å². The van der Waals surface area contributed by atoms with Gasteiger partial charge in [-0.1, -0.05) is 0 Å². The van der Waals surface area contributed by atoms with Crippen LogP contribution in [-0.4, -0.2) is 30.2 Å². The first-order valence-corrected chi connectivity index (χ1v) is 2.54. The molecule has 0 radical (unpaired) electrons. The summed E-state index contributed by atoms with van der Waals surface area (Å²) in [5.41, 5.74) is 0. The second-order valence-corrected chi connectivity index (χ2v) is 1.58. The van der Waals surface area contributed by atoms with Crippen molar-refractivity contribution in [2.24, 2.45) is 0 Å². The van der Waals surface area contributed by atoms with E-state index in [2.05, 4.69) is 6.07 Å². The second-order valence-electron chi connectivity index (χ2n) is 1.58. The van der Waals surface area contributed by atoms with Crippen LogP contribution in [0.15, 0.2) is 18.2 Å². The van der Waals surface area contributed by atoms with Gasteiger partial charge in [-0.25, -0.2) is 0 Å². The number of benzene rings is 1. The molecule has 0 atom stereocenters. The Hall–Kier alpha value is 0.196. The van der Waals surface area contributed by atoms with E-state index >= 15 is 0 Å². The molecule has 11 heavy (non-hydrogen) atoms. The quantitative estimate of drug-likeness (QED) is 0.410. The maximum Gasteiger partial charge on any atom is 2.00 e. The van der Waals surface area contributed by atoms with Gasteiger partial charge in [-0.05, 0) is 0 Å². The Bertz CT molecular complexity index is 190. The molecule has 1 rings (SSSR count). The third-order valence-corrected chi connectivity index (χ3v) is 0.966. The van der Waals surface area contributed by atoms with E-state index in [0.717, 1.165) is 0 Å². The SMILES string of the molecule is COc1[c-]cc(F)cc1.[Br-].[Mg+2]. The van der Waals surface area contributed by atoms with E-state index in [9.17, 15) is 4.39 Å². The minimum absolute atomic E-state index is 0. The average molecular weight is 229 g/mol. The summed E-state index contributed by atoms with van der Waals surface area (Å²) in [5.74, 6) is 0.257. The summed E-state index contributed by atoms with van der Waals surface area (Å²) in [6, 6.07) is 6.68. The standard InChI is InChI=1S/C7H6FO.BrH.Mg/c1-9-7-4-2-6(8)3-5-7;;/h2-4H,1H3;1H;/q-1;;+2/p-1. The summed E-state index contributed by atoms with van der Waals surface area (Å²) in [4.78, 5) is 0. The zero-order chi connectivity index (χ0) is 6.69.